The van der Waals surface area contributed by atoms with Crippen LogP contribution < -0.4 is 14.8 Å². The van der Waals surface area contributed by atoms with Gasteiger partial charge >= 0.3 is 0 Å². The Balaban J connectivity index is 1.59. The van der Waals surface area contributed by atoms with Crippen molar-refractivity contribution in [3.63, 3.8) is 0 Å². The molecule has 9 heteroatoms. The van der Waals surface area contributed by atoms with Gasteiger partial charge in [-0.3, -0.25) is 9.78 Å². The molecule has 0 saturated carbocycles. The Morgan fingerprint density at radius 3 is 2.65 bits per heavy atom. The van der Waals surface area contributed by atoms with E-state index >= 15 is 0 Å². The molecule has 2 aromatic rings. The molecular weight excluding hydrogens is 358 g/mol. The third-order valence-corrected chi connectivity index (χ3v) is 5.07. The molecule has 26 heavy (non-hydrogen) atoms. The molecule has 0 radical (unpaired) electrons. The number of rotatable bonds is 7. The summed E-state index contributed by atoms with van der Waals surface area (Å²) in [5.41, 5.74) is 1.38. The van der Waals surface area contributed by atoms with E-state index in [1.54, 1.807) is 42.7 Å². The van der Waals surface area contributed by atoms with Crippen molar-refractivity contribution in [2.24, 2.45) is 0 Å². The van der Waals surface area contributed by atoms with Gasteiger partial charge in [0.2, 0.25) is 22.7 Å². The molecule has 0 unspecified atom stereocenters. The van der Waals surface area contributed by atoms with Crippen LogP contribution in [0, 0.1) is 0 Å². The standard InChI is InChI=1S/C17H19N3O5S/c1-26(22,23)20(11-13-4-7-18-8-5-13)9-6-17(21)19-14-2-3-15-16(10-14)25-12-24-15/h2-5,7-8,10H,6,9,11-12H2,1H3,(H,19,21). The minimum Gasteiger partial charge on any atom is -0.454 e. The Kier molecular flexibility index (Phi) is 5.38. The number of pyridine rings is 1. The van der Waals surface area contributed by atoms with Crippen LogP contribution in [0.3, 0.4) is 0 Å². The first-order valence-electron chi connectivity index (χ1n) is 7.95. The first-order chi connectivity index (χ1) is 12.4. The van der Waals surface area contributed by atoms with Crippen molar-refractivity contribution in [1.29, 1.82) is 0 Å². The summed E-state index contributed by atoms with van der Waals surface area (Å²) >= 11 is 0. The molecule has 2 heterocycles. The highest BCUT2D eigenvalue weighted by Gasteiger charge is 2.19. The summed E-state index contributed by atoms with van der Waals surface area (Å²) in [5, 5.41) is 2.74. The molecular formula is C17H19N3O5S. The highest BCUT2D eigenvalue weighted by molar-refractivity contribution is 7.88. The minimum absolute atomic E-state index is 0.0343. The average Bonchev–Trinajstić information content (AvgIpc) is 3.06. The molecule has 1 aromatic carbocycles. The van der Waals surface area contributed by atoms with Crippen LogP contribution in [-0.2, 0) is 21.4 Å². The fraction of sp³-hybridized carbons (Fsp3) is 0.294. The molecule has 0 bridgehead atoms. The number of hydrogen-bond acceptors (Lipinski definition) is 6. The molecule has 0 saturated heterocycles. The molecule has 0 aliphatic carbocycles. The van der Waals surface area contributed by atoms with Crippen molar-refractivity contribution in [2.45, 2.75) is 13.0 Å². The molecule has 8 nitrogen and oxygen atoms in total. The quantitative estimate of drug-likeness (QED) is 0.787. The summed E-state index contributed by atoms with van der Waals surface area (Å²) in [6.07, 6.45) is 4.36. The van der Waals surface area contributed by atoms with E-state index in [9.17, 15) is 13.2 Å². The molecule has 1 aliphatic heterocycles. The topological polar surface area (TPSA) is 97.8 Å². The molecule has 1 N–H and O–H groups in total. The Hall–Kier alpha value is -2.65. The second kappa shape index (κ2) is 7.71. The SMILES string of the molecule is CS(=O)(=O)N(CCC(=O)Nc1ccc2c(c1)OCO2)Cc1ccncc1. The van der Waals surface area contributed by atoms with Gasteiger partial charge in [0.25, 0.3) is 0 Å². The van der Waals surface area contributed by atoms with Crippen LogP contribution in [-0.4, -0.2) is 43.2 Å². The number of carbonyl (C=O) groups excluding carboxylic acids is 1. The zero-order valence-corrected chi connectivity index (χ0v) is 15.0. The van der Waals surface area contributed by atoms with E-state index in [1.807, 2.05) is 0 Å². The highest BCUT2D eigenvalue weighted by Crippen LogP contribution is 2.34. The zero-order valence-electron chi connectivity index (χ0n) is 14.2. The summed E-state index contributed by atoms with van der Waals surface area (Å²) in [5.74, 6) is 0.911. The summed E-state index contributed by atoms with van der Waals surface area (Å²) < 4.78 is 35.7. The predicted molar refractivity (Wildman–Crippen MR) is 95.3 cm³/mol. The van der Waals surface area contributed by atoms with Gasteiger partial charge in [-0.2, -0.15) is 4.31 Å². The highest BCUT2D eigenvalue weighted by atomic mass is 32.2. The second-order valence-corrected chi connectivity index (χ2v) is 7.80. The molecule has 3 rings (SSSR count). The normalized spacial score (nSPS) is 13.0. The fourth-order valence-corrected chi connectivity index (χ4v) is 3.28. The summed E-state index contributed by atoms with van der Waals surface area (Å²) in [6, 6.07) is 8.57. The van der Waals surface area contributed by atoms with Crippen LogP contribution >= 0.6 is 0 Å². The van der Waals surface area contributed by atoms with E-state index in [4.69, 9.17) is 9.47 Å². The van der Waals surface area contributed by atoms with E-state index in [1.165, 1.54) is 4.31 Å². The number of sulfonamides is 1. The summed E-state index contributed by atoms with van der Waals surface area (Å²) in [7, 11) is -3.44. The first kappa shape index (κ1) is 18.2. The third kappa shape index (κ3) is 4.70. The van der Waals surface area contributed by atoms with Crippen LogP contribution in [0.25, 0.3) is 0 Å². The number of fused-ring (bicyclic) bond motifs is 1. The van der Waals surface area contributed by atoms with Gasteiger partial charge in [0.1, 0.15) is 0 Å². The van der Waals surface area contributed by atoms with Crippen molar-refractivity contribution in [3.8, 4) is 11.5 Å². The molecule has 0 atom stereocenters. The lowest BCUT2D eigenvalue weighted by Crippen LogP contribution is -2.32. The number of hydrogen-bond donors (Lipinski definition) is 1. The Bertz CT molecular complexity index is 887. The van der Waals surface area contributed by atoms with E-state index in [-0.39, 0.29) is 32.2 Å². The lowest BCUT2D eigenvalue weighted by Gasteiger charge is -2.19. The van der Waals surface area contributed by atoms with Gasteiger partial charge in [-0.05, 0) is 29.8 Å². The van der Waals surface area contributed by atoms with Gasteiger partial charge in [0.15, 0.2) is 11.5 Å². The van der Waals surface area contributed by atoms with Crippen LogP contribution in [0.2, 0.25) is 0 Å². The van der Waals surface area contributed by atoms with Gasteiger partial charge in [0.05, 0.1) is 6.26 Å². The number of carbonyl (C=O) groups is 1. The monoisotopic (exact) mass is 377 g/mol. The Morgan fingerprint density at radius 1 is 1.19 bits per heavy atom. The number of amides is 1. The molecule has 1 aromatic heterocycles. The number of nitrogens with one attached hydrogen (secondary N) is 1. The first-order valence-corrected chi connectivity index (χ1v) is 9.80. The molecule has 138 valence electrons. The molecule has 1 aliphatic rings. The lowest BCUT2D eigenvalue weighted by atomic mass is 10.2. The van der Waals surface area contributed by atoms with E-state index in [2.05, 4.69) is 10.3 Å². The minimum atomic E-state index is -3.44. The zero-order chi connectivity index (χ0) is 18.6. The number of anilines is 1. The predicted octanol–water partition coefficient (Wildman–Crippen LogP) is 1.60. The second-order valence-electron chi connectivity index (χ2n) is 5.82. The number of benzene rings is 1. The number of nitrogens with zero attached hydrogens (tertiary/aromatic N) is 2. The van der Waals surface area contributed by atoms with Crippen molar-refractivity contribution >= 4 is 21.6 Å². The van der Waals surface area contributed by atoms with Crippen LogP contribution in [0.1, 0.15) is 12.0 Å². The molecule has 0 fully saturated rings. The number of aromatic nitrogens is 1. The Morgan fingerprint density at radius 2 is 1.92 bits per heavy atom. The van der Waals surface area contributed by atoms with Crippen LogP contribution in [0.15, 0.2) is 42.7 Å². The van der Waals surface area contributed by atoms with Crippen molar-refractivity contribution in [1.82, 2.24) is 9.29 Å². The lowest BCUT2D eigenvalue weighted by molar-refractivity contribution is -0.116. The van der Waals surface area contributed by atoms with Crippen molar-refractivity contribution in [3.05, 3.63) is 48.3 Å². The van der Waals surface area contributed by atoms with Gasteiger partial charge < -0.3 is 14.8 Å². The Labute approximate surface area is 151 Å². The maximum atomic E-state index is 12.2. The van der Waals surface area contributed by atoms with E-state index in [0.717, 1.165) is 11.8 Å². The summed E-state index contributed by atoms with van der Waals surface area (Å²) in [6.45, 7) is 0.432. The largest absolute Gasteiger partial charge is 0.454 e. The molecule has 0 spiro atoms. The van der Waals surface area contributed by atoms with Gasteiger partial charge in [-0.25, -0.2) is 8.42 Å². The van der Waals surface area contributed by atoms with Crippen LogP contribution in [0.5, 0.6) is 11.5 Å². The van der Waals surface area contributed by atoms with Gasteiger partial charge in [0, 0.05) is 43.7 Å². The van der Waals surface area contributed by atoms with E-state index < -0.39 is 10.0 Å². The van der Waals surface area contributed by atoms with Gasteiger partial charge in [-0.1, -0.05) is 0 Å². The average molecular weight is 377 g/mol. The smallest absolute Gasteiger partial charge is 0.231 e. The van der Waals surface area contributed by atoms with E-state index in [0.29, 0.717) is 17.2 Å². The van der Waals surface area contributed by atoms with Gasteiger partial charge in [-0.15, -0.1) is 0 Å². The number of ether oxygens (including phenoxy) is 2. The maximum absolute atomic E-state index is 12.2. The summed E-state index contributed by atoms with van der Waals surface area (Å²) in [4.78, 5) is 16.1. The maximum Gasteiger partial charge on any atom is 0.231 e. The van der Waals surface area contributed by atoms with Crippen molar-refractivity contribution < 1.29 is 22.7 Å². The third-order valence-electron chi connectivity index (χ3n) is 3.82. The molecule has 1 amide bonds. The van der Waals surface area contributed by atoms with Crippen LogP contribution in [0.4, 0.5) is 5.69 Å². The fourth-order valence-electron chi connectivity index (χ4n) is 2.48. The van der Waals surface area contributed by atoms with Crippen molar-refractivity contribution in [2.75, 3.05) is 24.9 Å².